The van der Waals surface area contributed by atoms with E-state index in [2.05, 4.69) is 38.2 Å². The second-order valence-electron chi connectivity index (χ2n) is 17.9. The third-order valence-corrected chi connectivity index (χ3v) is 11.7. The van der Waals surface area contributed by atoms with E-state index in [-0.39, 0.29) is 25.8 Å². The van der Waals surface area contributed by atoms with Gasteiger partial charge in [0.15, 0.2) is 0 Å². The molecule has 0 aromatic rings. The predicted octanol–water partition coefficient (Wildman–Crippen LogP) is 14.8. The molecule has 0 amide bonds. The summed E-state index contributed by atoms with van der Waals surface area (Å²) in [6.07, 6.45) is 49.3. The highest BCUT2D eigenvalue weighted by Gasteiger charge is 2.26. The molecule has 2 unspecified atom stereocenters. The Morgan fingerprint density at radius 2 is 0.948 bits per heavy atom. The minimum Gasteiger partial charge on any atom is -0.457 e. The van der Waals surface area contributed by atoms with Gasteiger partial charge in [0, 0.05) is 13.0 Å². The highest BCUT2D eigenvalue weighted by Crippen LogP contribution is 2.43. The molecule has 0 rings (SSSR count). The largest absolute Gasteiger partial charge is 0.472 e. The van der Waals surface area contributed by atoms with Crippen molar-refractivity contribution in [2.24, 2.45) is 0 Å². The normalized spacial score (nSPS) is 13.8. The summed E-state index contributed by atoms with van der Waals surface area (Å²) in [5, 5.41) is 0. The maximum absolute atomic E-state index is 12.7. The van der Waals surface area contributed by atoms with Crippen LogP contribution in [-0.2, 0) is 27.9 Å². The van der Waals surface area contributed by atoms with Crippen LogP contribution in [-0.4, -0.2) is 75.6 Å². The van der Waals surface area contributed by atoms with Crippen LogP contribution >= 0.6 is 7.82 Å². The number of unbranched alkanes of at least 4 members (excludes halogenated alkanes) is 28. The number of quaternary nitrogens is 1. The van der Waals surface area contributed by atoms with Crippen molar-refractivity contribution in [3.63, 3.8) is 0 Å². The first-order chi connectivity index (χ1) is 28.1. The summed E-state index contributed by atoms with van der Waals surface area (Å²) in [5.74, 6) is -0.312. The average Bonchev–Trinajstić information content (AvgIpc) is 3.18. The van der Waals surface area contributed by atoms with Crippen LogP contribution < -0.4 is 0 Å². The van der Waals surface area contributed by atoms with Gasteiger partial charge in [0.1, 0.15) is 19.3 Å². The lowest BCUT2D eigenvalue weighted by molar-refractivity contribution is -0.870. The third-order valence-electron chi connectivity index (χ3n) is 10.8. The van der Waals surface area contributed by atoms with Gasteiger partial charge in [-0.3, -0.25) is 13.8 Å². The van der Waals surface area contributed by atoms with Crippen LogP contribution in [0.25, 0.3) is 0 Å². The SMILES string of the molecule is CCCCCCC/C=C\C/C=C\CCCCCCCCCCCCCC(=O)OC(COCCCCCCCCCCCCCCC)COP(=O)(O)OCC[N+](C)(C)C. The van der Waals surface area contributed by atoms with Crippen LogP contribution in [0, 0.1) is 0 Å². The van der Waals surface area contributed by atoms with Crippen molar-refractivity contribution >= 4 is 13.8 Å². The molecule has 0 heterocycles. The Morgan fingerprint density at radius 3 is 1.40 bits per heavy atom. The lowest BCUT2D eigenvalue weighted by Gasteiger charge is -2.24. The van der Waals surface area contributed by atoms with Crippen LogP contribution in [0.1, 0.15) is 226 Å². The molecule has 0 spiro atoms. The Bertz CT molecular complexity index is 983. The Morgan fingerprint density at radius 1 is 0.534 bits per heavy atom. The Hall–Kier alpha value is -1.02. The first-order valence-corrected chi connectivity index (χ1v) is 26.1. The number of hydrogen-bond donors (Lipinski definition) is 1. The molecule has 58 heavy (non-hydrogen) atoms. The van der Waals surface area contributed by atoms with Gasteiger partial charge in [-0.15, -0.1) is 0 Å². The number of carbonyl (C=O) groups is 1. The quantitative estimate of drug-likeness (QED) is 0.0215. The Labute approximate surface area is 360 Å². The minimum absolute atomic E-state index is 0.0905. The van der Waals surface area contributed by atoms with E-state index >= 15 is 0 Å². The molecule has 0 aromatic carbocycles. The highest BCUT2D eigenvalue weighted by atomic mass is 31.2. The van der Waals surface area contributed by atoms with E-state index in [1.807, 2.05) is 21.1 Å². The average molecular weight is 843 g/mol. The Balaban J connectivity index is 4.10. The summed E-state index contributed by atoms with van der Waals surface area (Å²) in [4.78, 5) is 22.9. The molecule has 9 heteroatoms. The van der Waals surface area contributed by atoms with Crippen molar-refractivity contribution in [2.45, 2.75) is 232 Å². The predicted molar refractivity (Wildman–Crippen MR) is 247 cm³/mol. The molecule has 0 bridgehead atoms. The number of hydrogen-bond acceptors (Lipinski definition) is 6. The first-order valence-electron chi connectivity index (χ1n) is 24.6. The second-order valence-corrected chi connectivity index (χ2v) is 19.3. The fraction of sp³-hybridized carbons (Fsp3) is 0.898. The standard InChI is InChI=1S/C49H96NO7P/c1-6-8-10-12-14-16-18-20-21-22-23-24-25-26-27-28-29-30-32-34-36-38-40-42-49(51)57-48(47-56-58(52,53)55-45-43-50(3,4)5)46-54-44-41-39-37-35-33-31-19-17-15-13-11-9-7-2/h18,20,22-23,48H,6-17,19,21,24-47H2,1-5H3/p+1/b20-18-,23-22-. The molecular formula is C49H97NO7P+. The molecule has 0 saturated carbocycles. The van der Waals surface area contributed by atoms with Crippen molar-refractivity contribution in [2.75, 3.05) is 54.1 Å². The molecular weight excluding hydrogens is 746 g/mol. The summed E-state index contributed by atoms with van der Waals surface area (Å²) in [6, 6.07) is 0. The van der Waals surface area contributed by atoms with Gasteiger partial charge < -0.3 is 18.9 Å². The molecule has 0 aliphatic rings. The molecule has 0 aliphatic carbocycles. The molecule has 0 radical (unpaired) electrons. The zero-order valence-electron chi connectivity index (χ0n) is 39.0. The molecule has 0 saturated heterocycles. The van der Waals surface area contributed by atoms with Crippen molar-refractivity contribution in [3.8, 4) is 0 Å². The van der Waals surface area contributed by atoms with Gasteiger partial charge >= 0.3 is 13.8 Å². The van der Waals surface area contributed by atoms with Crippen molar-refractivity contribution in [1.82, 2.24) is 0 Å². The van der Waals surface area contributed by atoms with Crippen molar-refractivity contribution in [3.05, 3.63) is 24.3 Å². The second kappa shape index (κ2) is 42.7. The fourth-order valence-corrected chi connectivity index (χ4v) is 7.68. The first kappa shape index (κ1) is 57.0. The summed E-state index contributed by atoms with van der Waals surface area (Å²) < 4.78 is 35.1. The number of likely N-dealkylation sites (N-methyl/N-ethyl adjacent to an activating group) is 1. The van der Waals surface area contributed by atoms with Gasteiger partial charge in [0.2, 0.25) is 0 Å². The number of carbonyl (C=O) groups excluding carboxylic acids is 1. The van der Waals surface area contributed by atoms with Gasteiger partial charge in [-0.1, -0.05) is 199 Å². The van der Waals surface area contributed by atoms with Crippen molar-refractivity contribution < 1.29 is 37.3 Å². The number of nitrogens with zero attached hydrogens (tertiary/aromatic N) is 1. The summed E-state index contributed by atoms with van der Waals surface area (Å²) in [5.41, 5.74) is 0. The van der Waals surface area contributed by atoms with Crippen LogP contribution in [0.3, 0.4) is 0 Å². The van der Waals surface area contributed by atoms with E-state index in [9.17, 15) is 14.3 Å². The minimum atomic E-state index is -4.27. The topological polar surface area (TPSA) is 91.3 Å². The van der Waals surface area contributed by atoms with Gasteiger partial charge in [-0.2, -0.15) is 0 Å². The van der Waals surface area contributed by atoms with Gasteiger partial charge in [0.25, 0.3) is 0 Å². The summed E-state index contributed by atoms with van der Waals surface area (Å²) in [6.45, 7) is 5.65. The number of allylic oxidation sites excluding steroid dienone is 4. The maximum Gasteiger partial charge on any atom is 0.472 e. The van der Waals surface area contributed by atoms with Crippen LogP contribution in [0.15, 0.2) is 24.3 Å². The highest BCUT2D eigenvalue weighted by molar-refractivity contribution is 7.47. The van der Waals surface area contributed by atoms with E-state index in [1.54, 1.807) is 0 Å². The van der Waals surface area contributed by atoms with E-state index < -0.39 is 13.9 Å². The number of phosphoric ester groups is 1. The van der Waals surface area contributed by atoms with E-state index in [0.29, 0.717) is 24.1 Å². The van der Waals surface area contributed by atoms with Gasteiger partial charge in [-0.05, 0) is 44.9 Å². The number of esters is 1. The number of rotatable bonds is 46. The fourth-order valence-electron chi connectivity index (χ4n) is 6.94. The maximum atomic E-state index is 12.7. The zero-order chi connectivity index (χ0) is 42.7. The van der Waals surface area contributed by atoms with Crippen LogP contribution in [0.4, 0.5) is 0 Å². The summed E-state index contributed by atoms with van der Waals surface area (Å²) >= 11 is 0. The lowest BCUT2D eigenvalue weighted by Crippen LogP contribution is -2.37. The van der Waals surface area contributed by atoms with Crippen molar-refractivity contribution in [1.29, 1.82) is 0 Å². The zero-order valence-corrected chi connectivity index (χ0v) is 39.9. The molecule has 344 valence electrons. The van der Waals surface area contributed by atoms with Gasteiger partial charge in [-0.25, -0.2) is 4.57 Å². The molecule has 8 nitrogen and oxygen atoms in total. The third kappa shape index (κ3) is 46.1. The Kier molecular flexibility index (Phi) is 41.9. The van der Waals surface area contributed by atoms with Crippen LogP contribution in [0.2, 0.25) is 0 Å². The number of phosphoric acid groups is 1. The summed E-state index contributed by atoms with van der Waals surface area (Å²) in [7, 11) is 1.68. The molecule has 1 N–H and O–H groups in total. The molecule has 0 fully saturated rings. The van der Waals surface area contributed by atoms with E-state index in [0.717, 1.165) is 38.5 Å². The lowest BCUT2D eigenvalue weighted by atomic mass is 10.0. The van der Waals surface area contributed by atoms with Crippen LogP contribution in [0.5, 0.6) is 0 Å². The van der Waals surface area contributed by atoms with E-state index in [1.165, 1.54) is 167 Å². The number of ether oxygens (including phenoxy) is 2. The smallest absolute Gasteiger partial charge is 0.457 e. The molecule has 0 aliphatic heterocycles. The van der Waals surface area contributed by atoms with Gasteiger partial charge in [0.05, 0.1) is 34.4 Å². The van der Waals surface area contributed by atoms with E-state index in [4.69, 9.17) is 18.5 Å². The monoisotopic (exact) mass is 843 g/mol. The molecule has 0 aromatic heterocycles. The molecule has 2 atom stereocenters.